The number of aromatic amines is 1. The molecule has 2 aromatic carbocycles. The number of nitrogens with zero attached hydrogens (tertiary/aromatic N) is 2. The zero-order chi connectivity index (χ0) is 16.4. The van der Waals surface area contributed by atoms with Gasteiger partial charge in [-0.3, -0.25) is 4.79 Å². The van der Waals surface area contributed by atoms with Crippen molar-refractivity contribution in [3.8, 4) is 11.6 Å². The van der Waals surface area contributed by atoms with Crippen molar-refractivity contribution in [2.45, 2.75) is 6.92 Å². The highest BCUT2D eigenvalue weighted by atomic mass is 16.5. The normalized spacial score (nSPS) is 11.2. The number of azo groups is 1. The van der Waals surface area contributed by atoms with Crippen LogP contribution in [-0.4, -0.2) is 23.1 Å². The number of aromatic hydroxyl groups is 1. The number of benzene rings is 2. The lowest BCUT2D eigenvalue weighted by Crippen LogP contribution is -1.93. The molecule has 0 aliphatic carbocycles. The molecular formula is C17H15N3O3. The van der Waals surface area contributed by atoms with Crippen LogP contribution < -0.4 is 4.74 Å². The molecule has 0 bridgehead atoms. The Morgan fingerprint density at radius 1 is 1.22 bits per heavy atom. The van der Waals surface area contributed by atoms with Crippen LogP contribution >= 0.6 is 0 Å². The van der Waals surface area contributed by atoms with Crippen LogP contribution in [-0.2, 0) is 0 Å². The molecule has 0 spiro atoms. The van der Waals surface area contributed by atoms with Gasteiger partial charge in [0.2, 0.25) is 5.88 Å². The van der Waals surface area contributed by atoms with Gasteiger partial charge in [0.25, 0.3) is 5.91 Å². The minimum Gasteiger partial charge on any atom is -0.497 e. The average Bonchev–Trinajstić information content (AvgIpc) is 2.87. The smallest absolute Gasteiger partial charge is 0.295 e. The Kier molecular flexibility index (Phi) is 3.80. The Labute approximate surface area is 132 Å². The van der Waals surface area contributed by atoms with Gasteiger partial charge in [0.15, 0.2) is 5.69 Å². The van der Waals surface area contributed by atoms with Crippen molar-refractivity contribution in [2.24, 2.45) is 10.2 Å². The molecule has 1 heterocycles. The van der Waals surface area contributed by atoms with E-state index in [4.69, 9.17) is 4.74 Å². The van der Waals surface area contributed by atoms with Crippen LogP contribution in [0.15, 0.2) is 52.7 Å². The largest absolute Gasteiger partial charge is 0.497 e. The number of ether oxygens (including phenoxy) is 1. The molecule has 0 saturated carbocycles. The van der Waals surface area contributed by atoms with Crippen molar-refractivity contribution in [1.82, 2.24) is 4.98 Å². The number of amides is 1. The number of nitrogens with one attached hydrogen (secondary N) is 1. The molecule has 6 heteroatoms. The van der Waals surface area contributed by atoms with E-state index < -0.39 is 5.91 Å². The third kappa shape index (κ3) is 2.91. The number of aryl methyl sites for hydroxylation is 1. The van der Waals surface area contributed by atoms with Gasteiger partial charge in [0.1, 0.15) is 5.75 Å². The quantitative estimate of drug-likeness (QED) is 0.713. The van der Waals surface area contributed by atoms with Gasteiger partial charge in [-0.2, -0.15) is 0 Å². The molecule has 23 heavy (non-hydrogen) atoms. The fourth-order valence-corrected chi connectivity index (χ4v) is 2.30. The van der Waals surface area contributed by atoms with E-state index in [1.54, 1.807) is 43.5 Å². The number of H-pyrrole nitrogens is 1. The number of methoxy groups -OCH3 is 1. The molecule has 2 N–H and O–H groups in total. The van der Waals surface area contributed by atoms with Crippen molar-refractivity contribution in [2.75, 3.05) is 7.11 Å². The Bertz CT molecular complexity index is 913. The van der Waals surface area contributed by atoms with Crippen LogP contribution in [0.5, 0.6) is 11.6 Å². The average molecular weight is 309 g/mol. The molecule has 0 unspecified atom stereocenters. The van der Waals surface area contributed by atoms with Gasteiger partial charge in [-0.1, -0.05) is 17.7 Å². The van der Waals surface area contributed by atoms with Crippen molar-refractivity contribution in [1.29, 1.82) is 0 Å². The monoisotopic (exact) mass is 309 g/mol. The zero-order valence-corrected chi connectivity index (χ0v) is 12.7. The van der Waals surface area contributed by atoms with Crippen LogP contribution in [0, 0.1) is 6.92 Å². The third-order valence-corrected chi connectivity index (χ3v) is 3.47. The number of carbonyl (C=O) groups is 1. The standard InChI is InChI=1S/C17H15N3O3/c1-10-4-3-5-11(8-10)16(21)20-19-15-13-9-12(23-2)6-7-14(13)18-17(15)22/h3-9,18,22H,1-2H3. The van der Waals surface area contributed by atoms with Gasteiger partial charge in [0, 0.05) is 10.9 Å². The molecule has 0 atom stereocenters. The Hall–Kier alpha value is -3.15. The van der Waals surface area contributed by atoms with Gasteiger partial charge >= 0.3 is 0 Å². The lowest BCUT2D eigenvalue weighted by molar-refractivity contribution is 0.0995. The lowest BCUT2D eigenvalue weighted by Gasteiger charge is -1.99. The van der Waals surface area contributed by atoms with E-state index in [1.165, 1.54) is 0 Å². The Morgan fingerprint density at radius 3 is 2.78 bits per heavy atom. The summed E-state index contributed by atoms with van der Waals surface area (Å²) >= 11 is 0. The summed E-state index contributed by atoms with van der Waals surface area (Å²) < 4.78 is 5.16. The number of carbonyl (C=O) groups excluding carboxylic acids is 1. The first kappa shape index (κ1) is 14.8. The first-order chi connectivity index (χ1) is 11.1. The van der Waals surface area contributed by atoms with E-state index in [9.17, 15) is 9.90 Å². The van der Waals surface area contributed by atoms with Crippen LogP contribution in [0.4, 0.5) is 5.69 Å². The van der Waals surface area contributed by atoms with Gasteiger partial charge in [-0.05, 0) is 37.3 Å². The van der Waals surface area contributed by atoms with Crippen molar-refractivity contribution in [3.05, 3.63) is 53.6 Å². The summed E-state index contributed by atoms with van der Waals surface area (Å²) in [6.45, 7) is 1.89. The molecule has 116 valence electrons. The SMILES string of the molecule is COc1ccc2[nH]c(O)c(N=NC(=O)c3cccc(C)c3)c2c1. The summed E-state index contributed by atoms with van der Waals surface area (Å²) in [7, 11) is 1.55. The Morgan fingerprint density at radius 2 is 2.04 bits per heavy atom. The molecule has 0 radical (unpaired) electrons. The number of aromatic nitrogens is 1. The molecule has 0 saturated heterocycles. The van der Waals surface area contributed by atoms with Gasteiger partial charge in [0.05, 0.1) is 12.6 Å². The summed E-state index contributed by atoms with van der Waals surface area (Å²) in [5, 5.41) is 18.2. The summed E-state index contributed by atoms with van der Waals surface area (Å²) in [4.78, 5) is 14.9. The highest BCUT2D eigenvalue weighted by molar-refractivity contribution is 5.97. The number of fused-ring (bicyclic) bond motifs is 1. The first-order valence-electron chi connectivity index (χ1n) is 7.00. The van der Waals surface area contributed by atoms with Gasteiger partial charge < -0.3 is 14.8 Å². The van der Waals surface area contributed by atoms with Crippen LogP contribution in [0.3, 0.4) is 0 Å². The molecule has 0 aliphatic rings. The predicted molar refractivity (Wildman–Crippen MR) is 86.5 cm³/mol. The van der Waals surface area contributed by atoms with E-state index >= 15 is 0 Å². The highest BCUT2D eigenvalue weighted by Gasteiger charge is 2.12. The molecule has 0 fully saturated rings. The number of hydrogen-bond acceptors (Lipinski definition) is 4. The summed E-state index contributed by atoms with van der Waals surface area (Å²) in [5.74, 6) is 0.0114. The maximum atomic E-state index is 12.1. The molecule has 3 rings (SSSR count). The maximum absolute atomic E-state index is 12.1. The molecule has 6 nitrogen and oxygen atoms in total. The summed E-state index contributed by atoms with van der Waals surface area (Å²) in [6.07, 6.45) is 0. The van der Waals surface area contributed by atoms with Crippen molar-refractivity contribution < 1.29 is 14.6 Å². The van der Waals surface area contributed by atoms with Gasteiger partial charge in [-0.15, -0.1) is 10.2 Å². The molecule has 0 aliphatic heterocycles. The molecule has 1 aromatic heterocycles. The van der Waals surface area contributed by atoms with E-state index in [0.29, 0.717) is 22.2 Å². The lowest BCUT2D eigenvalue weighted by atomic mass is 10.1. The van der Waals surface area contributed by atoms with E-state index in [1.807, 2.05) is 13.0 Å². The summed E-state index contributed by atoms with van der Waals surface area (Å²) in [6, 6.07) is 12.3. The van der Waals surface area contributed by atoms with Crippen LogP contribution in [0.1, 0.15) is 15.9 Å². The third-order valence-electron chi connectivity index (χ3n) is 3.47. The molecule has 1 amide bonds. The maximum Gasteiger partial charge on any atom is 0.295 e. The van der Waals surface area contributed by atoms with Crippen molar-refractivity contribution >= 4 is 22.5 Å². The fourth-order valence-electron chi connectivity index (χ4n) is 2.30. The topological polar surface area (TPSA) is 87.0 Å². The van der Waals surface area contributed by atoms with Crippen molar-refractivity contribution in [3.63, 3.8) is 0 Å². The summed E-state index contributed by atoms with van der Waals surface area (Å²) in [5.41, 5.74) is 2.30. The minimum absolute atomic E-state index is 0.144. The molecular weight excluding hydrogens is 294 g/mol. The van der Waals surface area contributed by atoms with E-state index in [-0.39, 0.29) is 11.6 Å². The van der Waals surface area contributed by atoms with E-state index in [2.05, 4.69) is 15.2 Å². The molecule has 3 aromatic rings. The second-order valence-corrected chi connectivity index (χ2v) is 5.11. The van der Waals surface area contributed by atoms with Crippen LogP contribution in [0.2, 0.25) is 0 Å². The number of hydrogen-bond donors (Lipinski definition) is 2. The first-order valence-corrected chi connectivity index (χ1v) is 7.00. The highest BCUT2D eigenvalue weighted by Crippen LogP contribution is 2.37. The second-order valence-electron chi connectivity index (χ2n) is 5.11. The number of rotatable bonds is 3. The fraction of sp³-hybridized carbons (Fsp3) is 0.118. The minimum atomic E-state index is -0.467. The predicted octanol–water partition coefficient (Wildman–Crippen LogP) is 4.11. The van der Waals surface area contributed by atoms with E-state index in [0.717, 1.165) is 5.56 Å². The second kappa shape index (κ2) is 5.92. The zero-order valence-electron chi connectivity index (χ0n) is 12.7. The Balaban J connectivity index is 1.97. The van der Waals surface area contributed by atoms with Crippen LogP contribution in [0.25, 0.3) is 10.9 Å². The van der Waals surface area contributed by atoms with Gasteiger partial charge in [-0.25, -0.2) is 0 Å².